The molecule has 0 aliphatic carbocycles. The minimum Gasteiger partial charge on any atom is -0.381 e. The van der Waals surface area contributed by atoms with Gasteiger partial charge in [-0.2, -0.15) is 11.3 Å². The number of likely N-dealkylation sites (tertiary alicyclic amines) is 2. The lowest BCUT2D eigenvalue weighted by molar-refractivity contribution is 0.0549. The van der Waals surface area contributed by atoms with Crippen LogP contribution in [0.1, 0.15) is 62.5 Å². The average molecular weight is 524 g/mol. The lowest BCUT2D eigenvalue weighted by Crippen LogP contribution is -2.39. The third-order valence-electron chi connectivity index (χ3n) is 7.91. The molecule has 2 fully saturated rings. The van der Waals surface area contributed by atoms with Gasteiger partial charge in [0.1, 0.15) is 0 Å². The Balaban J connectivity index is 1.33. The van der Waals surface area contributed by atoms with E-state index in [-0.39, 0.29) is 0 Å². The number of unbranched alkanes of at least 4 members (excludes halogenated alkanes) is 1. The van der Waals surface area contributed by atoms with Crippen molar-refractivity contribution in [3.63, 3.8) is 0 Å². The highest BCUT2D eigenvalue weighted by Crippen LogP contribution is 2.37. The van der Waals surface area contributed by atoms with Gasteiger partial charge in [-0.1, -0.05) is 49.0 Å². The van der Waals surface area contributed by atoms with Gasteiger partial charge < -0.3 is 9.64 Å². The Morgan fingerprint density at radius 2 is 1.94 bits per heavy atom. The molecule has 0 spiro atoms. The first-order valence-corrected chi connectivity index (χ1v) is 14.7. The first kappa shape index (κ1) is 26.4. The number of hydrogen-bond donors (Lipinski definition) is 0. The summed E-state index contributed by atoms with van der Waals surface area (Å²) in [5, 5.41) is 6.05. The molecule has 3 atom stereocenters. The predicted octanol–water partition coefficient (Wildman–Crippen LogP) is 7.58. The van der Waals surface area contributed by atoms with Gasteiger partial charge in [0.15, 0.2) is 0 Å². The molecule has 4 rings (SSSR count). The molecular weight excluding hydrogens is 483 g/mol. The molecule has 188 valence electrons. The van der Waals surface area contributed by atoms with Crippen LogP contribution >= 0.6 is 34.5 Å². The summed E-state index contributed by atoms with van der Waals surface area (Å²) in [6.07, 6.45) is 8.05. The number of piperidine rings is 1. The molecule has 1 aromatic heterocycles. The molecule has 0 N–H and O–H groups in total. The molecule has 0 amide bonds. The second kappa shape index (κ2) is 13.1. The van der Waals surface area contributed by atoms with Gasteiger partial charge in [0.25, 0.3) is 0 Å². The number of ether oxygens (including phenoxy) is 1. The summed E-state index contributed by atoms with van der Waals surface area (Å²) in [4.78, 5) is 5.32. The van der Waals surface area contributed by atoms with Crippen molar-refractivity contribution in [1.82, 2.24) is 9.80 Å². The fourth-order valence-electron chi connectivity index (χ4n) is 5.90. The van der Waals surface area contributed by atoms with E-state index in [1.165, 1.54) is 69.3 Å². The number of halogens is 2. The van der Waals surface area contributed by atoms with Crippen LogP contribution in [0.5, 0.6) is 0 Å². The Hall–Kier alpha value is -0.620. The zero-order chi connectivity index (χ0) is 23.9. The molecule has 2 aromatic rings. The first-order valence-electron chi connectivity index (χ1n) is 13.0. The normalized spacial score (nSPS) is 23.5. The van der Waals surface area contributed by atoms with E-state index in [4.69, 9.17) is 27.9 Å². The van der Waals surface area contributed by atoms with Crippen LogP contribution in [0.25, 0.3) is 0 Å². The number of benzene rings is 1. The Labute approximate surface area is 220 Å². The zero-order valence-electron chi connectivity index (χ0n) is 20.7. The van der Waals surface area contributed by atoms with Crippen LogP contribution in [0.15, 0.2) is 35.0 Å². The number of nitrogens with zero attached hydrogens (tertiary/aromatic N) is 2. The van der Waals surface area contributed by atoms with Gasteiger partial charge in [0.05, 0.1) is 6.10 Å². The largest absolute Gasteiger partial charge is 0.381 e. The average Bonchev–Trinajstić information content (AvgIpc) is 3.50. The Kier molecular flexibility index (Phi) is 10.2. The number of rotatable bonds is 11. The summed E-state index contributed by atoms with van der Waals surface area (Å²) in [6.45, 7) is 9.04. The van der Waals surface area contributed by atoms with Gasteiger partial charge in [-0.05, 0) is 90.7 Å². The van der Waals surface area contributed by atoms with E-state index < -0.39 is 0 Å². The number of thiophene rings is 1. The molecule has 0 saturated carbocycles. The van der Waals surface area contributed by atoms with Crippen molar-refractivity contribution in [2.24, 2.45) is 11.8 Å². The van der Waals surface area contributed by atoms with Gasteiger partial charge in [-0.25, -0.2) is 0 Å². The highest BCUT2D eigenvalue weighted by Gasteiger charge is 2.36. The molecule has 3 nitrogen and oxygen atoms in total. The van der Waals surface area contributed by atoms with Gasteiger partial charge in [-0.3, -0.25) is 4.90 Å². The summed E-state index contributed by atoms with van der Waals surface area (Å²) in [5.41, 5.74) is 2.68. The van der Waals surface area contributed by atoms with Gasteiger partial charge in [-0.15, -0.1) is 0 Å². The zero-order valence-corrected chi connectivity index (χ0v) is 23.1. The summed E-state index contributed by atoms with van der Waals surface area (Å²) >= 11 is 14.4. The fourth-order valence-corrected chi connectivity index (χ4v) is 7.09. The maximum absolute atomic E-state index is 6.50. The first-order chi connectivity index (χ1) is 16.6. The van der Waals surface area contributed by atoms with Crippen LogP contribution in [-0.2, 0) is 11.3 Å². The standard InChI is InChI=1S/C28H40Cl2N2OS/c1-3-4-5-26(33-2)14-21-8-11-31(12-9-21)17-24-18-32(19-27(24)23-10-13-34-20-23)16-22-6-7-25(29)15-28(22)30/h6-7,10,13,15,20-21,24,26-27H,3-5,8-9,11-12,14,16-19H2,1-2H3/t24?,26?,27-/m1/s1. The van der Waals surface area contributed by atoms with Crippen LogP contribution in [0.4, 0.5) is 0 Å². The summed E-state index contributed by atoms with van der Waals surface area (Å²) in [5.74, 6) is 2.08. The minimum atomic E-state index is 0.447. The van der Waals surface area contributed by atoms with E-state index in [9.17, 15) is 0 Å². The second-order valence-electron chi connectivity index (χ2n) is 10.3. The van der Waals surface area contributed by atoms with Crippen LogP contribution in [-0.4, -0.2) is 55.7 Å². The molecule has 2 aliphatic rings. The van der Waals surface area contributed by atoms with Gasteiger partial charge in [0.2, 0.25) is 0 Å². The SMILES string of the molecule is CCCCC(CC1CCN(CC2CN(Cc3ccc(Cl)cc3Cl)C[C@@H]2c2ccsc2)CC1)OC. The molecule has 2 aliphatic heterocycles. The molecule has 2 unspecified atom stereocenters. The Morgan fingerprint density at radius 3 is 2.62 bits per heavy atom. The van der Waals surface area contributed by atoms with E-state index >= 15 is 0 Å². The van der Waals surface area contributed by atoms with Crippen LogP contribution in [0.3, 0.4) is 0 Å². The van der Waals surface area contributed by atoms with Crippen molar-refractivity contribution in [3.05, 3.63) is 56.2 Å². The maximum Gasteiger partial charge on any atom is 0.0574 e. The molecule has 2 saturated heterocycles. The molecule has 6 heteroatoms. The quantitative estimate of drug-likeness (QED) is 0.302. The molecule has 0 radical (unpaired) electrons. The van der Waals surface area contributed by atoms with Gasteiger partial charge >= 0.3 is 0 Å². The van der Waals surface area contributed by atoms with Crippen molar-refractivity contribution in [3.8, 4) is 0 Å². The number of methoxy groups -OCH3 is 1. The number of hydrogen-bond acceptors (Lipinski definition) is 4. The van der Waals surface area contributed by atoms with Crippen molar-refractivity contribution in [1.29, 1.82) is 0 Å². The van der Waals surface area contributed by atoms with E-state index in [1.54, 1.807) is 0 Å². The molecule has 3 heterocycles. The lowest BCUT2D eigenvalue weighted by Gasteiger charge is -2.35. The van der Waals surface area contributed by atoms with E-state index in [0.29, 0.717) is 23.0 Å². The maximum atomic E-state index is 6.50. The Morgan fingerprint density at radius 1 is 1.12 bits per heavy atom. The lowest BCUT2D eigenvalue weighted by atomic mass is 9.87. The topological polar surface area (TPSA) is 15.7 Å². The fraction of sp³-hybridized carbons (Fsp3) is 0.643. The molecule has 1 aromatic carbocycles. The van der Waals surface area contributed by atoms with Crippen molar-refractivity contribution in [2.45, 2.75) is 64.0 Å². The predicted molar refractivity (Wildman–Crippen MR) is 146 cm³/mol. The van der Waals surface area contributed by atoms with E-state index in [0.717, 1.165) is 30.6 Å². The summed E-state index contributed by atoms with van der Waals surface area (Å²) < 4.78 is 5.79. The van der Waals surface area contributed by atoms with Crippen LogP contribution in [0.2, 0.25) is 10.0 Å². The summed E-state index contributed by atoms with van der Waals surface area (Å²) in [7, 11) is 1.89. The van der Waals surface area contributed by atoms with E-state index in [1.807, 2.05) is 30.6 Å². The van der Waals surface area contributed by atoms with Crippen molar-refractivity contribution < 1.29 is 4.74 Å². The monoisotopic (exact) mass is 522 g/mol. The minimum absolute atomic E-state index is 0.447. The van der Waals surface area contributed by atoms with Crippen LogP contribution in [0, 0.1) is 11.8 Å². The second-order valence-corrected chi connectivity index (χ2v) is 12.0. The molecular formula is C28H40Cl2N2OS. The van der Waals surface area contributed by atoms with Gasteiger partial charge in [0, 0.05) is 49.3 Å². The Bertz CT molecular complexity index is 869. The highest BCUT2D eigenvalue weighted by molar-refractivity contribution is 7.08. The summed E-state index contributed by atoms with van der Waals surface area (Å²) in [6, 6.07) is 8.22. The smallest absolute Gasteiger partial charge is 0.0574 e. The third kappa shape index (κ3) is 7.21. The molecule has 0 bridgehead atoms. The third-order valence-corrected chi connectivity index (χ3v) is 9.19. The molecule has 34 heavy (non-hydrogen) atoms. The van der Waals surface area contributed by atoms with Crippen LogP contribution < -0.4 is 0 Å². The van der Waals surface area contributed by atoms with Crippen molar-refractivity contribution in [2.75, 3.05) is 39.8 Å². The van der Waals surface area contributed by atoms with E-state index in [2.05, 4.69) is 39.6 Å². The van der Waals surface area contributed by atoms with Crippen molar-refractivity contribution >= 4 is 34.5 Å². The highest BCUT2D eigenvalue weighted by atomic mass is 35.5.